The Bertz CT molecular complexity index is 1760. The lowest BCUT2D eigenvalue weighted by atomic mass is 10.0. The van der Waals surface area contributed by atoms with Crippen molar-refractivity contribution < 1.29 is 14.3 Å². The monoisotopic (exact) mass is 549 g/mol. The first-order valence-electron chi connectivity index (χ1n) is 12.1. The second-order valence-corrected chi connectivity index (χ2v) is 9.66. The fraction of sp³-hybridized carbons (Fsp3) is 0. The van der Waals surface area contributed by atoms with Crippen molar-refractivity contribution in [1.29, 1.82) is 0 Å². The van der Waals surface area contributed by atoms with Crippen molar-refractivity contribution >= 4 is 63.4 Å². The minimum atomic E-state index is -0.558. The van der Waals surface area contributed by atoms with Crippen LogP contribution in [0, 0.1) is 0 Å². The summed E-state index contributed by atoms with van der Waals surface area (Å²) < 4.78 is 5.86. The van der Waals surface area contributed by atoms with E-state index in [1.54, 1.807) is 42.5 Å². The molecule has 1 aliphatic rings. The number of hydrogen-bond donors (Lipinski definition) is 2. The van der Waals surface area contributed by atoms with E-state index in [2.05, 4.69) is 10.3 Å². The van der Waals surface area contributed by atoms with Gasteiger partial charge in [-0.2, -0.15) is 0 Å². The van der Waals surface area contributed by atoms with Gasteiger partial charge < -0.3 is 9.72 Å². The number of aromatic nitrogens is 1. The molecule has 2 heterocycles. The normalized spacial score (nSPS) is 14.6. The van der Waals surface area contributed by atoms with E-state index in [1.165, 1.54) is 4.90 Å². The summed E-state index contributed by atoms with van der Waals surface area (Å²) in [6, 6.07) is 31.4. The number of anilines is 1. The summed E-state index contributed by atoms with van der Waals surface area (Å²) in [5.74, 6) is 0.222. The highest BCUT2D eigenvalue weighted by molar-refractivity contribution is 7.80. The van der Waals surface area contributed by atoms with Crippen molar-refractivity contribution in [3.63, 3.8) is 0 Å². The van der Waals surface area contributed by atoms with Gasteiger partial charge in [0.2, 0.25) is 0 Å². The molecule has 1 aliphatic heterocycles. The maximum Gasteiger partial charge on any atom is 0.270 e. The predicted octanol–water partition coefficient (Wildman–Crippen LogP) is 7.11. The fourth-order valence-corrected chi connectivity index (χ4v) is 4.89. The minimum Gasteiger partial charge on any atom is -0.457 e. The summed E-state index contributed by atoms with van der Waals surface area (Å²) in [5, 5.41) is 4.16. The first kappa shape index (κ1) is 24.6. The third-order valence-electron chi connectivity index (χ3n) is 6.34. The van der Waals surface area contributed by atoms with Crippen molar-refractivity contribution in [3.8, 4) is 22.8 Å². The third kappa shape index (κ3) is 4.81. The number of carbonyl (C=O) groups is 2. The molecule has 0 spiro atoms. The second-order valence-electron chi connectivity index (χ2n) is 8.83. The number of thiocarbonyl (C=S) groups is 1. The lowest BCUT2D eigenvalue weighted by Gasteiger charge is -2.29. The Hall–Kier alpha value is -4.72. The van der Waals surface area contributed by atoms with Gasteiger partial charge in [-0.25, -0.2) is 0 Å². The molecule has 0 bridgehead atoms. The number of ether oxygens (including phenoxy) is 1. The molecular weight excluding hydrogens is 530 g/mol. The van der Waals surface area contributed by atoms with E-state index in [1.807, 2.05) is 66.7 Å². The van der Waals surface area contributed by atoms with Crippen LogP contribution in [0.1, 0.15) is 5.56 Å². The molecule has 1 aromatic heterocycles. The van der Waals surface area contributed by atoms with Crippen molar-refractivity contribution in [3.05, 3.63) is 119 Å². The standard InChI is InChI=1S/C31H20ClN3O3S/c32-20-12-10-19(11-13-20)28-25(24-8-4-5-9-27(24)33-28)18-26-29(36)34-31(39)35(30(26)37)21-14-16-23(17-15-21)38-22-6-2-1-3-7-22/h1-18,33H,(H,34,36,39). The number of hydrogen-bond acceptors (Lipinski definition) is 4. The molecule has 0 unspecified atom stereocenters. The zero-order valence-electron chi connectivity index (χ0n) is 20.4. The number of carbonyl (C=O) groups excluding carboxylic acids is 2. The molecule has 2 N–H and O–H groups in total. The molecule has 6 nitrogen and oxygen atoms in total. The van der Waals surface area contributed by atoms with Crippen LogP contribution in [0.15, 0.2) is 109 Å². The molecule has 0 radical (unpaired) electrons. The highest BCUT2D eigenvalue weighted by Gasteiger charge is 2.35. The predicted molar refractivity (Wildman–Crippen MR) is 158 cm³/mol. The highest BCUT2D eigenvalue weighted by atomic mass is 35.5. The van der Waals surface area contributed by atoms with Gasteiger partial charge in [0.15, 0.2) is 5.11 Å². The van der Waals surface area contributed by atoms with Crippen LogP contribution in [0.4, 0.5) is 5.69 Å². The van der Waals surface area contributed by atoms with Gasteiger partial charge in [-0.05, 0) is 78.5 Å². The second kappa shape index (κ2) is 10.2. The van der Waals surface area contributed by atoms with E-state index in [9.17, 15) is 9.59 Å². The van der Waals surface area contributed by atoms with Gasteiger partial charge in [0.1, 0.15) is 17.1 Å². The summed E-state index contributed by atoms with van der Waals surface area (Å²) in [7, 11) is 0. The number of aromatic amines is 1. The quantitative estimate of drug-likeness (QED) is 0.139. The average molecular weight is 550 g/mol. The number of nitrogens with zero attached hydrogens (tertiary/aromatic N) is 1. The number of para-hydroxylation sites is 2. The average Bonchev–Trinajstić information content (AvgIpc) is 3.31. The summed E-state index contributed by atoms with van der Waals surface area (Å²) in [6.45, 7) is 0. The fourth-order valence-electron chi connectivity index (χ4n) is 4.48. The van der Waals surface area contributed by atoms with Gasteiger partial charge in [-0.3, -0.25) is 19.8 Å². The molecule has 6 rings (SSSR count). The largest absolute Gasteiger partial charge is 0.457 e. The van der Waals surface area contributed by atoms with E-state index < -0.39 is 11.8 Å². The van der Waals surface area contributed by atoms with Crippen LogP contribution in [0.5, 0.6) is 11.5 Å². The molecule has 2 amide bonds. The molecule has 5 aromatic rings. The van der Waals surface area contributed by atoms with E-state index in [0.717, 1.165) is 22.2 Å². The van der Waals surface area contributed by atoms with Crippen LogP contribution in [-0.2, 0) is 9.59 Å². The molecule has 0 saturated carbocycles. The van der Waals surface area contributed by atoms with Gasteiger partial charge >= 0.3 is 0 Å². The Labute approximate surface area is 234 Å². The Morgan fingerprint density at radius 1 is 0.795 bits per heavy atom. The zero-order chi connectivity index (χ0) is 26.9. The number of amides is 2. The maximum atomic E-state index is 13.7. The van der Waals surface area contributed by atoms with Gasteiger partial charge in [0, 0.05) is 21.5 Å². The summed E-state index contributed by atoms with van der Waals surface area (Å²) in [6.07, 6.45) is 1.61. The van der Waals surface area contributed by atoms with Gasteiger partial charge in [0.05, 0.1) is 11.4 Å². The van der Waals surface area contributed by atoms with Crippen molar-refractivity contribution in [2.24, 2.45) is 0 Å². The van der Waals surface area contributed by atoms with Gasteiger partial charge in [-0.15, -0.1) is 0 Å². The Morgan fingerprint density at radius 2 is 1.46 bits per heavy atom. The SMILES string of the molecule is O=C1NC(=S)N(c2ccc(Oc3ccccc3)cc2)C(=O)C1=Cc1c(-c2ccc(Cl)cc2)[nH]c2ccccc12. The molecule has 8 heteroatoms. The van der Waals surface area contributed by atoms with Crippen LogP contribution in [0.2, 0.25) is 5.02 Å². The number of fused-ring (bicyclic) bond motifs is 1. The number of halogens is 1. The first-order valence-corrected chi connectivity index (χ1v) is 12.9. The topological polar surface area (TPSA) is 74.4 Å². The minimum absolute atomic E-state index is 0.00993. The lowest BCUT2D eigenvalue weighted by Crippen LogP contribution is -2.54. The summed E-state index contributed by atoms with van der Waals surface area (Å²) in [5.41, 5.74) is 3.70. The molecule has 39 heavy (non-hydrogen) atoms. The van der Waals surface area contributed by atoms with Crippen LogP contribution >= 0.6 is 23.8 Å². The number of rotatable bonds is 5. The van der Waals surface area contributed by atoms with E-state index in [0.29, 0.717) is 27.8 Å². The summed E-state index contributed by atoms with van der Waals surface area (Å²) in [4.78, 5) is 31.5. The maximum absolute atomic E-state index is 13.7. The van der Waals surface area contributed by atoms with Crippen LogP contribution < -0.4 is 15.0 Å². The Kier molecular flexibility index (Phi) is 6.44. The van der Waals surface area contributed by atoms with Gasteiger partial charge in [-0.1, -0.05) is 60.1 Å². The van der Waals surface area contributed by atoms with E-state index in [4.69, 9.17) is 28.6 Å². The molecular formula is C31H20ClN3O3S. The Balaban J connectivity index is 1.38. The van der Waals surface area contributed by atoms with Crippen molar-refractivity contribution in [2.45, 2.75) is 0 Å². The highest BCUT2D eigenvalue weighted by Crippen LogP contribution is 2.34. The number of nitrogens with one attached hydrogen (secondary N) is 2. The molecule has 1 fully saturated rings. The van der Waals surface area contributed by atoms with Gasteiger partial charge in [0.25, 0.3) is 11.8 Å². The van der Waals surface area contributed by atoms with Crippen LogP contribution in [0.25, 0.3) is 28.2 Å². The molecule has 4 aromatic carbocycles. The Morgan fingerprint density at radius 3 is 2.21 bits per heavy atom. The van der Waals surface area contributed by atoms with E-state index >= 15 is 0 Å². The smallest absolute Gasteiger partial charge is 0.270 e. The molecule has 190 valence electrons. The van der Waals surface area contributed by atoms with E-state index in [-0.39, 0.29) is 10.7 Å². The van der Waals surface area contributed by atoms with Crippen molar-refractivity contribution in [2.75, 3.05) is 4.90 Å². The first-order chi connectivity index (χ1) is 19.0. The molecule has 1 saturated heterocycles. The summed E-state index contributed by atoms with van der Waals surface area (Å²) >= 11 is 11.5. The third-order valence-corrected chi connectivity index (χ3v) is 6.88. The number of benzene rings is 4. The molecule has 0 atom stereocenters. The molecule has 0 aliphatic carbocycles. The zero-order valence-corrected chi connectivity index (χ0v) is 21.9. The number of H-pyrrole nitrogens is 1. The van der Waals surface area contributed by atoms with Crippen molar-refractivity contribution in [1.82, 2.24) is 10.3 Å². The van der Waals surface area contributed by atoms with Crippen LogP contribution in [-0.4, -0.2) is 21.9 Å². The van der Waals surface area contributed by atoms with Crippen LogP contribution in [0.3, 0.4) is 0 Å². The lowest BCUT2D eigenvalue weighted by molar-refractivity contribution is -0.122.